The van der Waals surface area contributed by atoms with E-state index in [9.17, 15) is 9.59 Å². The van der Waals surface area contributed by atoms with Crippen LogP contribution in [0, 0.1) is 0 Å². The fourth-order valence-electron chi connectivity index (χ4n) is 3.94. The van der Waals surface area contributed by atoms with Crippen molar-refractivity contribution in [3.63, 3.8) is 0 Å². The lowest BCUT2D eigenvalue weighted by molar-refractivity contribution is -0.138. The summed E-state index contributed by atoms with van der Waals surface area (Å²) in [6.45, 7) is 9.93. The van der Waals surface area contributed by atoms with Gasteiger partial charge in [-0.2, -0.15) is 0 Å². The molecule has 2 heterocycles. The summed E-state index contributed by atoms with van der Waals surface area (Å²) in [6.07, 6.45) is 4.06. The second-order valence-corrected chi connectivity index (χ2v) is 7.96. The average Bonchev–Trinajstić information content (AvgIpc) is 3.00. The van der Waals surface area contributed by atoms with Crippen molar-refractivity contribution in [3.8, 4) is 5.75 Å². The van der Waals surface area contributed by atoms with Gasteiger partial charge < -0.3 is 9.64 Å². The summed E-state index contributed by atoms with van der Waals surface area (Å²) in [4.78, 5) is 29.6. The van der Waals surface area contributed by atoms with Crippen LogP contribution in [-0.4, -0.2) is 67.0 Å². The highest BCUT2D eigenvalue weighted by Crippen LogP contribution is 2.29. The highest BCUT2D eigenvalue weighted by atomic mass is 16.5. The number of benzene rings is 1. The molecule has 0 atom stereocenters. The van der Waals surface area contributed by atoms with Crippen LogP contribution in [0.2, 0.25) is 0 Å². The number of likely N-dealkylation sites (tertiary alicyclic amines) is 1. The predicted molar refractivity (Wildman–Crippen MR) is 111 cm³/mol. The molecule has 2 amide bonds. The molecular weight excluding hydrogens is 354 g/mol. The SMILES string of the molecule is CC(C)Oc1ccccc1N1CCN(CCCCCN2C(=O)CCC2=O)CC1. The van der Waals surface area contributed by atoms with Crippen LogP contribution in [0.25, 0.3) is 0 Å². The number of rotatable bonds is 9. The van der Waals surface area contributed by atoms with E-state index in [1.54, 1.807) is 0 Å². The van der Waals surface area contributed by atoms with Gasteiger partial charge in [0.1, 0.15) is 5.75 Å². The molecule has 6 nitrogen and oxygen atoms in total. The largest absolute Gasteiger partial charge is 0.489 e. The number of para-hydroxylation sites is 2. The highest BCUT2D eigenvalue weighted by Gasteiger charge is 2.28. The van der Waals surface area contributed by atoms with E-state index in [2.05, 4.69) is 41.8 Å². The van der Waals surface area contributed by atoms with Crippen molar-refractivity contribution >= 4 is 17.5 Å². The van der Waals surface area contributed by atoms with Gasteiger partial charge in [0.05, 0.1) is 11.8 Å². The molecule has 0 radical (unpaired) electrons. The van der Waals surface area contributed by atoms with Crippen LogP contribution in [0.15, 0.2) is 24.3 Å². The number of hydrogen-bond donors (Lipinski definition) is 0. The Hall–Kier alpha value is -2.08. The lowest BCUT2D eigenvalue weighted by Crippen LogP contribution is -2.46. The molecule has 2 fully saturated rings. The second kappa shape index (κ2) is 9.92. The molecule has 1 aromatic rings. The fraction of sp³-hybridized carbons (Fsp3) is 0.636. The first-order valence-corrected chi connectivity index (χ1v) is 10.6. The molecule has 0 saturated carbocycles. The molecule has 0 unspecified atom stereocenters. The molecule has 2 aliphatic rings. The Morgan fingerprint density at radius 1 is 0.893 bits per heavy atom. The van der Waals surface area contributed by atoms with E-state index in [4.69, 9.17) is 4.74 Å². The number of piperazine rings is 1. The minimum absolute atomic E-state index is 0.00264. The van der Waals surface area contributed by atoms with Crippen molar-refractivity contribution in [2.75, 3.05) is 44.2 Å². The Morgan fingerprint density at radius 2 is 1.54 bits per heavy atom. The number of imide groups is 1. The minimum atomic E-state index is 0.00264. The topological polar surface area (TPSA) is 53.1 Å². The molecular formula is C22H33N3O3. The molecule has 3 rings (SSSR count). The smallest absolute Gasteiger partial charge is 0.229 e. The van der Waals surface area contributed by atoms with Crippen LogP contribution in [0.3, 0.4) is 0 Å². The minimum Gasteiger partial charge on any atom is -0.489 e. The zero-order valence-electron chi connectivity index (χ0n) is 17.2. The summed E-state index contributed by atoms with van der Waals surface area (Å²) in [5.41, 5.74) is 1.19. The lowest BCUT2D eigenvalue weighted by Gasteiger charge is -2.37. The average molecular weight is 388 g/mol. The zero-order chi connectivity index (χ0) is 19.9. The van der Waals surface area contributed by atoms with Crippen molar-refractivity contribution < 1.29 is 14.3 Å². The Kier molecular flexibility index (Phi) is 7.31. The molecule has 1 aromatic carbocycles. The van der Waals surface area contributed by atoms with E-state index in [1.807, 2.05) is 6.07 Å². The predicted octanol–water partition coefficient (Wildman–Crippen LogP) is 2.92. The number of ether oxygens (including phenoxy) is 1. The number of unbranched alkanes of at least 4 members (excludes halogenated alkanes) is 2. The van der Waals surface area contributed by atoms with Gasteiger partial charge in [-0.05, 0) is 45.4 Å². The molecule has 0 spiro atoms. The Labute approximate surface area is 168 Å². The van der Waals surface area contributed by atoms with E-state index in [-0.39, 0.29) is 17.9 Å². The summed E-state index contributed by atoms with van der Waals surface area (Å²) < 4.78 is 5.97. The van der Waals surface area contributed by atoms with Crippen LogP contribution >= 0.6 is 0 Å². The number of hydrogen-bond acceptors (Lipinski definition) is 5. The molecule has 0 bridgehead atoms. The van der Waals surface area contributed by atoms with Crippen molar-refractivity contribution in [2.45, 2.75) is 52.1 Å². The summed E-state index contributed by atoms with van der Waals surface area (Å²) >= 11 is 0. The molecule has 154 valence electrons. The molecule has 0 N–H and O–H groups in total. The number of carbonyl (C=O) groups is 2. The van der Waals surface area contributed by atoms with Gasteiger partial charge >= 0.3 is 0 Å². The van der Waals surface area contributed by atoms with Crippen LogP contribution in [0.1, 0.15) is 46.0 Å². The lowest BCUT2D eigenvalue weighted by atomic mass is 10.2. The third-order valence-corrected chi connectivity index (χ3v) is 5.45. The van der Waals surface area contributed by atoms with Gasteiger partial charge in [0.25, 0.3) is 0 Å². The molecule has 6 heteroatoms. The fourth-order valence-corrected chi connectivity index (χ4v) is 3.94. The van der Waals surface area contributed by atoms with E-state index in [0.29, 0.717) is 19.4 Å². The molecule has 28 heavy (non-hydrogen) atoms. The van der Waals surface area contributed by atoms with Gasteiger partial charge in [-0.1, -0.05) is 18.6 Å². The Balaban J connectivity index is 1.36. The maximum absolute atomic E-state index is 11.6. The molecule has 0 aliphatic carbocycles. The second-order valence-electron chi connectivity index (χ2n) is 7.96. The normalized spacial score (nSPS) is 18.4. The van der Waals surface area contributed by atoms with E-state index >= 15 is 0 Å². The highest BCUT2D eigenvalue weighted by molar-refractivity contribution is 6.01. The van der Waals surface area contributed by atoms with Crippen LogP contribution in [-0.2, 0) is 9.59 Å². The van der Waals surface area contributed by atoms with Gasteiger partial charge in [0, 0.05) is 45.6 Å². The van der Waals surface area contributed by atoms with E-state index in [1.165, 1.54) is 10.6 Å². The molecule has 0 aromatic heterocycles. The van der Waals surface area contributed by atoms with Crippen molar-refractivity contribution in [2.24, 2.45) is 0 Å². The number of amides is 2. The van der Waals surface area contributed by atoms with Crippen LogP contribution in [0.5, 0.6) is 5.75 Å². The monoisotopic (exact) mass is 387 g/mol. The third kappa shape index (κ3) is 5.47. The first-order valence-electron chi connectivity index (χ1n) is 10.6. The molecule has 2 aliphatic heterocycles. The van der Waals surface area contributed by atoms with E-state index in [0.717, 1.165) is 57.7 Å². The molecule has 2 saturated heterocycles. The van der Waals surface area contributed by atoms with Gasteiger partial charge in [-0.15, -0.1) is 0 Å². The van der Waals surface area contributed by atoms with Crippen molar-refractivity contribution in [3.05, 3.63) is 24.3 Å². The summed E-state index contributed by atoms with van der Waals surface area (Å²) in [5.74, 6) is 0.975. The third-order valence-electron chi connectivity index (χ3n) is 5.45. The van der Waals surface area contributed by atoms with Gasteiger partial charge in [-0.25, -0.2) is 0 Å². The first-order chi connectivity index (χ1) is 13.5. The Bertz CT molecular complexity index is 653. The number of carbonyl (C=O) groups excluding carboxylic acids is 2. The van der Waals surface area contributed by atoms with Crippen LogP contribution in [0.4, 0.5) is 5.69 Å². The summed E-state index contributed by atoms with van der Waals surface area (Å²) in [7, 11) is 0. The number of nitrogens with zero attached hydrogens (tertiary/aromatic N) is 3. The summed E-state index contributed by atoms with van der Waals surface area (Å²) in [6, 6.07) is 8.30. The first kappa shape index (κ1) is 20.6. The summed E-state index contributed by atoms with van der Waals surface area (Å²) in [5, 5.41) is 0. The van der Waals surface area contributed by atoms with Gasteiger partial charge in [0.15, 0.2) is 0 Å². The van der Waals surface area contributed by atoms with Crippen LogP contribution < -0.4 is 9.64 Å². The maximum Gasteiger partial charge on any atom is 0.229 e. The number of anilines is 1. The van der Waals surface area contributed by atoms with Crippen molar-refractivity contribution in [1.29, 1.82) is 0 Å². The zero-order valence-corrected chi connectivity index (χ0v) is 17.2. The van der Waals surface area contributed by atoms with Crippen molar-refractivity contribution in [1.82, 2.24) is 9.80 Å². The Morgan fingerprint density at radius 3 is 2.21 bits per heavy atom. The van der Waals surface area contributed by atoms with Gasteiger partial charge in [-0.3, -0.25) is 19.4 Å². The maximum atomic E-state index is 11.6. The standard InChI is InChI=1S/C22H33N3O3/c1-18(2)28-20-9-5-4-8-19(20)24-16-14-23(15-17-24)12-6-3-7-13-25-21(26)10-11-22(25)27/h4-5,8-9,18H,3,6-7,10-17H2,1-2H3. The van der Waals surface area contributed by atoms with Gasteiger partial charge in [0.2, 0.25) is 11.8 Å². The van der Waals surface area contributed by atoms with E-state index < -0.39 is 0 Å². The quantitative estimate of drug-likeness (QED) is 0.482.